The highest BCUT2D eigenvalue weighted by molar-refractivity contribution is 5.80. The topological polar surface area (TPSA) is 48.9 Å². The summed E-state index contributed by atoms with van der Waals surface area (Å²) in [4.78, 5) is 7.25. The number of aliphatic imine (C=N–C) groups is 1. The van der Waals surface area contributed by atoms with E-state index in [1.54, 1.807) is 0 Å². The van der Waals surface area contributed by atoms with Gasteiger partial charge < -0.3 is 20.3 Å². The average Bonchev–Trinajstić information content (AvgIpc) is 2.70. The van der Waals surface area contributed by atoms with Crippen molar-refractivity contribution in [2.24, 2.45) is 4.99 Å². The predicted molar refractivity (Wildman–Crippen MR) is 109 cm³/mol. The van der Waals surface area contributed by atoms with E-state index in [1.165, 1.54) is 11.3 Å². The van der Waals surface area contributed by atoms with Crippen molar-refractivity contribution in [2.75, 3.05) is 44.3 Å². The number of nitrogens with zero attached hydrogens (tertiary/aromatic N) is 2. The Balaban J connectivity index is 1.45. The fourth-order valence-electron chi connectivity index (χ4n) is 3.54. The molecule has 2 aliphatic heterocycles. The van der Waals surface area contributed by atoms with Crippen molar-refractivity contribution < 1.29 is 4.74 Å². The highest BCUT2D eigenvalue weighted by Crippen LogP contribution is 2.19. The van der Waals surface area contributed by atoms with E-state index in [0.717, 1.165) is 71.0 Å². The summed E-state index contributed by atoms with van der Waals surface area (Å²) in [5.41, 5.74) is 2.81. The van der Waals surface area contributed by atoms with Crippen LogP contribution in [0.4, 0.5) is 5.69 Å². The summed E-state index contributed by atoms with van der Waals surface area (Å²) in [6.45, 7) is 7.65. The Kier molecular flexibility index (Phi) is 7.37. The molecule has 0 spiro atoms. The fraction of sp³-hybridized carbons (Fsp3) is 0.571. The molecule has 0 saturated carbocycles. The smallest absolute Gasteiger partial charge is 0.191 e. The summed E-state index contributed by atoms with van der Waals surface area (Å²) in [6.07, 6.45) is 6.58. The molecule has 5 nitrogen and oxygen atoms in total. The zero-order valence-corrected chi connectivity index (χ0v) is 15.9. The number of hydrogen-bond donors (Lipinski definition) is 2. The van der Waals surface area contributed by atoms with Crippen LogP contribution in [0.1, 0.15) is 32.6 Å². The summed E-state index contributed by atoms with van der Waals surface area (Å²) in [7, 11) is 0. The van der Waals surface area contributed by atoms with Gasteiger partial charge in [-0.2, -0.15) is 0 Å². The van der Waals surface area contributed by atoms with E-state index < -0.39 is 0 Å². The second kappa shape index (κ2) is 10.2. The lowest BCUT2D eigenvalue weighted by Gasteiger charge is -2.34. The van der Waals surface area contributed by atoms with Crippen LogP contribution >= 0.6 is 0 Å². The quantitative estimate of drug-likeness (QED) is 0.467. The SMILES string of the molecule is CCNC(=NCCC1=CCOCC1)NC1CCN(c2ccccc2)CC1. The Bertz CT molecular complexity index is 591. The van der Waals surface area contributed by atoms with Crippen LogP contribution in [0.3, 0.4) is 0 Å². The monoisotopic (exact) mass is 356 g/mol. The zero-order valence-electron chi connectivity index (χ0n) is 15.9. The molecule has 2 aliphatic rings. The fourth-order valence-corrected chi connectivity index (χ4v) is 3.54. The third-order valence-electron chi connectivity index (χ3n) is 5.06. The van der Waals surface area contributed by atoms with E-state index in [9.17, 15) is 0 Å². The molecule has 0 unspecified atom stereocenters. The molecule has 0 atom stereocenters. The maximum atomic E-state index is 5.37. The molecule has 0 aromatic heterocycles. The van der Waals surface area contributed by atoms with Gasteiger partial charge in [0.1, 0.15) is 0 Å². The van der Waals surface area contributed by atoms with E-state index in [1.807, 2.05) is 0 Å². The van der Waals surface area contributed by atoms with Gasteiger partial charge in [0, 0.05) is 37.9 Å². The molecule has 2 heterocycles. The molecule has 0 radical (unpaired) electrons. The molecule has 142 valence electrons. The Morgan fingerprint density at radius 3 is 2.73 bits per heavy atom. The standard InChI is InChI=1S/C21H32N4O/c1-2-22-21(23-13-8-18-11-16-26-17-12-18)24-19-9-14-25(15-10-19)20-6-4-3-5-7-20/h3-7,11,19H,2,8-10,12-17H2,1H3,(H2,22,23,24). The first kappa shape index (κ1) is 18.8. The van der Waals surface area contributed by atoms with Gasteiger partial charge in [0.2, 0.25) is 0 Å². The average molecular weight is 357 g/mol. The van der Waals surface area contributed by atoms with Gasteiger partial charge in [0.15, 0.2) is 5.96 Å². The van der Waals surface area contributed by atoms with Gasteiger partial charge >= 0.3 is 0 Å². The number of para-hydroxylation sites is 1. The molecular formula is C21H32N4O. The summed E-state index contributed by atoms with van der Waals surface area (Å²) in [6, 6.07) is 11.2. The maximum absolute atomic E-state index is 5.37. The maximum Gasteiger partial charge on any atom is 0.191 e. The first-order chi connectivity index (χ1) is 12.8. The van der Waals surface area contributed by atoms with Crippen LogP contribution in [-0.4, -0.2) is 51.4 Å². The Labute approximate surface area is 157 Å². The normalized spacial score (nSPS) is 19.2. The van der Waals surface area contributed by atoms with Crippen LogP contribution in [0, 0.1) is 0 Å². The number of benzene rings is 1. The second-order valence-electron chi connectivity index (χ2n) is 6.94. The molecule has 0 amide bonds. The van der Waals surface area contributed by atoms with E-state index in [2.05, 4.69) is 58.9 Å². The molecule has 26 heavy (non-hydrogen) atoms. The number of nitrogens with one attached hydrogen (secondary N) is 2. The molecule has 1 aromatic rings. The third kappa shape index (κ3) is 5.77. The highest BCUT2D eigenvalue weighted by atomic mass is 16.5. The lowest BCUT2D eigenvalue weighted by Crippen LogP contribution is -2.48. The Morgan fingerprint density at radius 2 is 2.04 bits per heavy atom. The van der Waals surface area contributed by atoms with Gasteiger partial charge in [-0.3, -0.25) is 4.99 Å². The number of anilines is 1. The van der Waals surface area contributed by atoms with Gasteiger partial charge in [-0.1, -0.05) is 29.8 Å². The van der Waals surface area contributed by atoms with Crippen molar-refractivity contribution in [3.63, 3.8) is 0 Å². The van der Waals surface area contributed by atoms with E-state index in [0.29, 0.717) is 6.04 Å². The molecule has 1 saturated heterocycles. The van der Waals surface area contributed by atoms with Crippen molar-refractivity contribution in [3.8, 4) is 0 Å². The first-order valence-corrected chi connectivity index (χ1v) is 9.95. The van der Waals surface area contributed by atoms with Crippen LogP contribution < -0.4 is 15.5 Å². The molecule has 2 N–H and O–H groups in total. The summed E-state index contributed by atoms with van der Waals surface area (Å²) in [5, 5.41) is 7.03. The minimum absolute atomic E-state index is 0.495. The van der Waals surface area contributed by atoms with E-state index in [-0.39, 0.29) is 0 Å². The summed E-state index contributed by atoms with van der Waals surface area (Å²) < 4.78 is 5.37. The van der Waals surface area contributed by atoms with Crippen LogP contribution in [0.25, 0.3) is 0 Å². The second-order valence-corrected chi connectivity index (χ2v) is 6.94. The molecular weight excluding hydrogens is 324 g/mol. The lowest BCUT2D eigenvalue weighted by molar-refractivity contribution is 0.153. The summed E-state index contributed by atoms with van der Waals surface area (Å²) >= 11 is 0. The number of piperidine rings is 1. The van der Waals surface area contributed by atoms with Crippen molar-refractivity contribution in [3.05, 3.63) is 42.0 Å². The van der Waals surface area contributed by atoms with E-state index >= 15 is 0 Å². The first-order valence-electron chi connectivity index (χ1n) is 9.95. The predicted octanol–water partition coefficient (Wildman–Crippen LogP) is 2.95. The Morgan fingerprint density at radius 1 is 1.23 bits per heavy atom. The minimum Gasteiger partial charge on any atom is -0.377 e. The molecule has 0 bridgehead atoms. The van der Waals surface area contributed by atoms with Gasteiger partial charge in [-0.25, -0.2) is 0 Å². The molecule has 0 aliphatic carbocycles. The van der Waals surface area contributed by atoms with Crippen LogP contribution in [0.15, 0.2) is 47.0 Å². The molecule has 5 heteroatoms. The number of ether oxygens (including phenoxy) is 1. The zero-order chi connectivity index (χ0) is 18.0. The minimum atomic E-state index is 0.495. The van der Waals surface area contributed by atoms with Gasteiger partial charge in [-0.15, -0.1) is 0 Å². The van der Waals surface area contributed by atoms with Crippen LogP contribution in [0.5, 0.6) is 0 Å². The van der Waals surface area contributed by atoms with Crippen molar-refractivity contribution >= 4 is 11.6 Å². The van der Waals surface area contributed by atoms with Crippen molar-refractivity contribution in [1.82, 2.24) is 10.6 Å². The van der Waals surface area contributed by atoms with Gasteiger partial charge in [0.25, 0.3) is 0 Å². The number of rotatable bonds is 6. The highest BCUT2D eigenvalue weighted by Gasteiger charge is 2.20. The van der Waals surface area contributed by atoms with Gasteiger partial charge in [-0.05, 0) is 44.7 Å². The van der Waals surface area contributed by atoms with Crippen LogP contribution in [-0.2, 0) is 4.74 Å². The molecule has 3 rings (SSSR count). The Hall–Kier alpha value is -2.01. The lowest BCUT2D eigenvalue weighted by atomic mass is 10.0. The molecule has 1 fully saturated rings. The summed E-state index contributed by atoms with van der Waals surface area (Å²) in [5.74, 6) is 0.957. The van der Waals surface area contributed by atoms with E-state index in [4.69, 9.17) is 9.73 Å². The largest absolute Gasteiger partial charge is 0.377 e. The van der Waals surface area contributed by atoms with Crippen LogP contribution in [0.2, 0.25) is 0 Å². The van der Waals surface area contributed by atoms with Crippen molar-refractivity contribution in [2.45, 2.75) is 38.6 Å². The van der Waals surface area contributed by atoms with Gasteiger partial charge in [0.05, 0.1) is 13.2 Å². The third-order valence-corrected chi connectivity index (χ3v) is 5.06. The van der Waals surface area contributed by atoms with Crippen molar-refractivity contribution in [1.29, 1.82) is 0 Å². The number of hydrogen-bond acceptors (Lipinski definition) is 3. The molecule has 1 aromatic carbocycles. The number of guanidine groups is 1.